The van der Waals surface area contributed by atoms with Gasteiger partial charge in [-0.1, -0.05) is 5.16 Å². The van der Waals surface area contributed by atoms with Gasteiger partial charge in [-0.3, -0.25) is 4.79 Å². The second-order valence-corrected chi connectivity index (χ2v) is 10.2. The monoisotopic (exact) mass is 469 g/mol. The molecule has 1 amide bonds. The number of hydrogen-bond donors (Lipinski definition) is 1. The van der Waals surface area contributed by atoms with E-state index >= 15 is 0 Å². The van der Waals surface area contributed by atoms with Gasteiger partial charge in [0.2, 0.25) is 0 Å². The molecule has 1 saturated carbocycles. The average molecular weight is 469 g/mol. The Morgan fingerprint density at radius 1 is 1.34 bits per heavy atom. The number of aliphatic hydroxyl groups is 1. The van der Waals surface area contributed by atoms with Crippen molar-refractivity contribution in [3.05, 3.63) is 35.9 Å². The number of rotatable bonds is 4. The summed E-state index contributed by atoms with van der Waals surface area (Å²) in [6, 6.07) is 4.59. The summed E-state index contributed by atoms with van der Waals surface area (Å²) in [5.74, 6) is -4.48. The Labute approximate surface area is 182 Å². The third-order valence-corrected chi connectivity index (χ3v) is 8.08. The maximum Gasteiger partial charge on any atom is 0.327 e. The quantitative estimate of drug-likeness (QED) is 0.715. The van der Waals surface area contributed by atoms with E-state index in [0.717, 1.165) is 8.61 Å². The molecule has 1 saturated heterocycles. The number of anilines is 2. The first kappa shape index (κ1) is 21.1. The number of piperidine rings is 1. The molecule has 0 aromatic carbocycles. The molecule has 0 bridgehead atoms. The molecule has 13 heteroatoms. The Balaban J connectivity index is 1.35. The molecule has 5 rings (SSSR count). The highest BCUT2D eigenvalue weighted by Crippen LogP contribution is 2.51. The van der Waals surface area contributed by atoms with Crippen LogP contribution in [0.2, 0.25) is 0 Å². The topological polar surface area (TPSA) is 120 Å². The minimum absolute atomic E-state index is 0.0617. The van der Waals surface area contributed by atoms with E-state index in [9.17, 15) is 27.1 Å². The van der Waals surface area contributed by atoms with Gasteiger partial charge in [-0.05, 0) is 18.6 Å². The Kier molecular flexibility index (Phi) is 4.68. The molecule has 3 atom stereocenters. The Morgan fingerprint density at radius 3 is 2.72 bits per heavy atom. The molecule has 3 aliphatic rings. The predicted octanol–water partition coefficient (Wildman–Crippen LogP) is 1.22. The first-order valence-electron chi connectivity index (χ1n) is 10.1. The number of pyridine rings is 1. The number of amides is 1. The standard InChI is InChI=1S/C19H21F2N5O5S/c1-24-17-15(26(32(24,29)30)9-11-8-19(11,20)21)3-2-13(22-17)12-4-6-25(10-16(12)27)18(28)14-5-7-31-23-14/h2-3,5,7,11-12,16,27H,4,6,8-10H2,1H3. The molecule has 32 heavy (non-hydrogen) atoms. The number of halogens is 2. The highest BCUT2D eigenvalue weighted by Gasteiger charge is 2.59. The summed E-state index contributed by atoms with van der Waals surface area (Å²) < 4.78 is 58.9. The van der Waals surface area contributed by atoms with Crippen molar-refractivity contribution in [1.29, 1.82) is 0 Å². The SMILES string of the molecule is CN1c2nc(C3CCN(C(=O)c4ccon4)CC3O)ccc2N(CC2CC2(F)F)S1(=O)=O. The number of β-amino-alcohol motifs (C(OH)–C–C–N with tert-alkyl or cyclic N) is 1. The van der Waals surface area contributed by atoms with E-state index in [4.69, 9.17) is 4.52 Å². The Morgan fingerprint density at radius 2 is 2.09 bits per heavy atom. The average Bonchev–Trinajstić information content (AvgIpc) is 3.09. The van der Waals surface area contributed by atoms with Gasteiger partial charge in [0.15, 0.2) is 11.5 Å². The lowest BCUT2D eigenvalue weighted by molar-refractivity contribution is 0.0368. The number of aromatic nitrogens is 2. The number of hydrogen-bond acceptors (Lipinski definition) is 7. The van der Waals surface area contributed by atoms with Crippen molar-refractivity contribution < 1.29 is 31.6 Å². The molecule has 1 N–H and O–H groups in total. The molecule has 172 valence electrons. The maximum absolute atomic E-state index is 13.4. The molecular weight excluding hydrogens is 448 g/mol. The third-order valence-electron chi connectivity index (χ3n) is 6.32. The number of alkyl halides is 2. The lowest BCUT2D eigenvalue weighted by Gasteiger charge is -2.35. The van der Waals surface area contributed by atoms with Crippen LogP contribution in [0.3, 0.4) is 0 Å². The van der Waals surface area contributed by atoms with E-state index in [1.165, 1.54) is 24.3 Å². The van der Waals surface area contributed by atoms with Crippen molar-refractivity contribution in [2.75, 3.05) is 35.3 Å². The summed E-state index contributed by atoms with van der Waals surface area (Å²) in [7, 11) is -2.67. The summed E-state index contributed by atoms with van der Waals surface area (Å²) in [5, 5.41) is 14.3. The van der Waals surface area contributed by atoms with Crippen LogP contribution >= 0.6 is 0 Å². The molecule has 0 spiro atoms. The van der Waals surface area contributed by atoms with Crippen LogP contribution in [0.5, 0.6) is 0 Å². The van der Waals surface area contributed by atoms with Gasteiger partial charge < -0.3 is 14.5 Å². The van der Waals surface area contributed by atoms with E-state index in [1.54, 1.807) is 12.1 Å². The van der Waals surface area contributed by atoms with Crippen molar-refractivity contribution in [1.82, 2.24) is 15.0 Å². The number of aliphatic hydroxyl groups excluding tert-OH is 1. The molecule has 4 heterocycles. The molecule has 0 radical (unpaired) electrons. The number of likely N-dealkylation sites (tertiary alicyclic amines) is 1. The summed E-state index contributed by atoms with van der Waals surface area (Å²) in [6.45, 7) is 0.105. The zero-order chi connectivity index (χ0) is 22.8. The molecule has 2 aromatic rings. The molecule has 3 unspecified atom stereocenters. The normalized spacial score (nSPS) is 28.0. The van der Waals surface area contributed by atoms with Crippen LogP contribution in [0.15, 0.2) is 29.0 Å². The number of nitrogens with zero attached hydrogens (tertiary/aromatic N) is 5. The fourth-order valence-corrected chi connectivity index (χ4v) is 5.68. The van der Waals surface area contributed by atoms with Crippen LogP contribution < -0.4 is 8.61 Å². The van der Waals surface area contributed by atoms with Crippen LogP contribution in [-0.2, 0) is 10.2 Å². The van der Waals surface area contributed by atoms with E-state index in [2.05, 4.69) is 10.1 Å². The largest absolute Gasteiger partial charge is 0.391 e. The minimum atomic E-state index is -4.00. The third kappa shape index (κ3) is 3.30. The van der Waals surface area contributed by atoms with Crippen LogP contribution in [-0.4, -0.2) is 73.2 Å². The van der Waals surface area contributed by atoms with Crippen molar-refractivity contribution in [3.8, 4) is 0 Å². The van der Waals surface area contributed by atoms with E-state index in [0.29, 0.717) is 18.7 Å². The molecular formula is C19H21F2N5O5S. The Hall–Kier alpha value is -2.80. The first-order valence-corrected chi connectivity index (χ1v) is 11.5. The second kappa shape index (κ2) is 7.10. The van der Waals surface area contributed by atoms with Gasteiger partial charge in [0.1, 0.15) is 6.26 Å². The highest BCUT2D eigenvalue weighted by atomic mass is 32.2. The first-order chi connectivity index (χ1) is 15.1. The van der Waals surface area contributed by atoms with Crippen LogP contribution in [0.25, 0.3) is 0 Å². The lowest BCUT2D eigenvalue weighted by atomic mass is 9.90. The minimum Gasteiger partial charge on any atom is -0.391 e. The maximum atomic E-state index is 13.4. The fourth-order valence-electron chi connectivity index (χ4n) is 4.28. The second-order valence-electron chi connectivity index (χ2n) is 8.35. The molecule has 2 fully saturated rings. The fraction of sp³-hybridized carbons (Fsp3) is 0.526. The van der Waals surface area contributed by atoms with Crippen molar-refractivity contribution in [2.45, 2.75) is 30.8 Å². The van der Waals surface area contributed by atoms with Gasteiger partial charge >= 0.3 is 10.2 Å². The van der Waals surface area contributed by atoms with Gasteiger partial charge in [0, 0.05) is 56.7 Å². The molecule has 2 aliphatic heterocycles. The van der Waals surface area contributed by atoms with Crippen molar-refractivity contribution >= 4 is 27.6 Å². The van der Waals surface area contributed by atoms with Crippen molar-refractivity contribution in [2.24, 2.45) is 5.92 Å². The molecule has 10 nitrogen and oxygen atoms in total. The van der Waals surface area contributed by atoms with Gasteiger partial charge in [0.05, 0.1) is 11.8 Å². The highest BCUT2D eigenvalue weighted by molar-refractivity contribution is 7.94. The van der Waals surface area contributed by atoms with Crippen molar-refractivity contribution in [3.63, 3.8) is 0 Å². The summed E-state index contributed by atoms with van der Waals surface area (Å²) in [5.41, 5.74) is 0.872. The van der Waals surface area contributed by atoms with Gasteiger partial charge in [-0.15, -0.1) is 0 Å². The molecule has 1 aliphatic carbocycles. The van der Waals surface area contributed by atoms with E-state index < -0.39 is 34.1 Å². The predicted molar refractivity (Wildman–Crippen MR) is 108 cm³/mol. The molecule has 2 aromatic heterocycles. The zero-order valence-corrected chi connectivity index (χ0v) is 17.9. The summed E-state index contributed by atoms with van der Waals surface area (Å²) in [6.07, 6.45) is 0.449. The van der Waals surface area contributed by atoms with Gasteiger partial charge in [-0.2, -0.15) is 8.42 Å². The van der Waals surface area contributed by atoms with Gasteiger partial charge in [-0.25, -0.2) is 22.4 Å². The van der Waals surface area contributed by atoms with Gasteiger partial charge in [0.25, 0.3) is 11.8 Å². The van der Waals surface area contributed by atoms with Crippen LogP contribution in [0.1, 0.15) is 34.9 Å². The lowest BCUT2D eigenvalue weighted by Crippen LogP contribution is -2.46. The smallest absolute Gasteiger partial charge is 0.327 e. The number of fused-ring (bicyclic) bond motifs is 1. The van der Waals surface area contributed by atoms with Crippen LogP contribution in [0, 0.1) is 5.92 Å². The number of carbonyl (C=O) groups excluding carboxylic acids is 1. The van der Waals surface area contributed by atoms with E-state index in [1.807, 2.05) is 0 Å². The summed E-state index contributed by atoms with van der Waals surface area (Å²) in [4.78, 5) is 18.4. The van der Waals surface area contributed by atoms with E-state index in [-0.39, 0.29) is 42.6 Å². The number of carbonyl (C=O) groups is 1. The Bertz CT molecular complexity index is 1160. The zero-order valence-electron chi connectivity index (χ0n) is 17.1. The van der Waals surface area contributed by atoms with Crippen LogP contribution in [0.4, 0.5) is 20.3 Å². The summed E-state index contributed by atoms with van der Waals surface area (Å²) >= 11 is 0.